The molecule has 0 spiro atoms. The molecule has 1 aromatic heterocycles. The molecule has 0 amide bonds. The minimum Gasteiger partial charge on any atom is -0.337 e. The number of aromatic nitrogens is 2. The van der Waals surface area contributed by atoms with Crippen molar-refractivity contribution >= 4 is 0 Å². The van der Waals surface area contributed by atoms with Gasteiger partial charge in [0.05, 0.1) is 12.0 Å². The zero-order valence-electron chi connectivity index (χ0n) is 9.41. The highest BCUT2D eigenvalue weighted by molar-refractivity contribution is 4.98. The molecule has 1 aromatic rings. The standard InChI is InChI=1S/C11H18FN3/c1-11(12)4-3-5-15(8-11)7-10-6-13-9-14(10)2/h6,9H,3-5,7-8H2,1-2H3. The van der Waals surface area contributed by atoms with E-state index in [-0.39, 0.29) is 0 Å². The van der Waals surface area contributed by atoms with Gasteiger partial charge in [-0.1, -0.05) is 0 Å². The van der Waals surface area contributed by atoms with Crippen molar-refractivity contribution in [1.82, 2.24) is 14.5 Å². The summed E-state index contributed by atoms with van der Waals surface area (Å²) in [4.78, 5) is 6.23. The second-order valence-electron chi connectivity index (χ2n) is 4.72. The number of aryl methyl sites for hydroxylation is 1. The molecule has 1 aliphatic heterocycles. The van der Waals surface area contributed by atoms with E-state index in [0.717, 1.165) is 25.2 Å². The number of rotatable bonds is 2. The predicted molar refractivity (Wildman–Crippen MR) is 57.2 cm³/mol. The number of alkyl halides is 1. The van der Waals surface area contributed by atoms with E-state index in [1.165, 1.54) is 0 Å². The Hall–Kier alpha value is -0.900. The Bertz CT molecular complexity index is 332. The number of halogens is 1. The van der Waals surface area contributed by atoms with Gasteiger partial charge in [0.1, 0.15) is 5.67 Å². The molecule has 0 bridgehead atoms. The first kappa shape index (κ1) is 10.6. The Labute approximate surface area is 89.9 Å². The Morgan fingerprint density at radius 1 is 1.60 bits per heavy atom. The second kappa shape index (κ2) is 3.93. The first-order valence-electron chi connectivity index (χ1n) is 5.43. The van der Waals surface area contributed by atoms with Gasteiger partial charge in [-0.3, -0.25) is 4.90 Å². The first-order valence-corrected chi connectivity index (χ1v) is 5.43. The maximum absolute atomic E-state index is 13.8. The summed E-state index contributed by atoms with van der Waals surface area (Å²) < 4.78 is 15.8. The van der Waals surface area contributed by atoms with Crippen molar-refractivity contribution in [2.75, 3.05) is 13.1 Å². The van der Waals surface area contributed by atoms with E-state index in [1.807, 2.05) is 17.8 Å². The number of hydrogen-bond acceptors (Lipinski definition) is 2. The summed E-state index contributed by atoms with van der Waals surface area (Å²) in [7, 11) is 1.97. The van der Waals surface area contributed by atoms with Crippen molar-refractivity contribution in [3.63, 3.8) is 0 Å². The zero-order chi connectivity index (χ0) is 10.9. The van der Waals surface area contributed by atoms with E-state index in [4.69, 9.17) is 0 Å². The molecule has 0 aromatic carbocycles. The van der Waals surface area contributed by atoms with Gasteiger partial charge in [-0.25, -0.2) is 9.37 Å². The quantitative estimate of drug-likeness (QED) is 0.743. The molecule has 1 saturated heterocycles. The van der Waals surface area contributed by atoms with Crippen LogP contribution in [0.5, 0.6) is 0 Å². The summed E-state index contributed by atoms with van der Waals surface area (Å²) in [6.07, 6.45) is 5.28. The van der Waals surface area contributed by atoms with Gasteiger partial charge >= 0.3 is 0 Å². The van der Waals surface area contributed by atoms with Crippen LogP contribution in [-0.4, -0.2) is 33.2 Å². The molecule has 3 nitrogen and oxygen atoms in total. The molecule has 1 aliphatic rings. The highest BCUT2D eigenvalue weighted by Gasteiger charge is 2.30. The van der Waals surface area contributed by atoms with E-state index >= 15 is 0 Å². The van der Waals surface area contributed by atoms with E-state index in [2.05, 4.69) is 9.88 Å². The topological polar surface area (TPSA) is 21.1 Å². The van der Waals surface area contributed by atoms with Crippen LogP contribution >= 0.6 is 0 Å². The predicted octanol–water partition coefficient (Wildman–Crippen LogP) is 1.74. The van der Waals surface area contributed by atoms with Crippen molar-refractivity contribution in [1.29, 1.82) is 0 Å². The molecule has 0 aliphatic carbocycles. The fourth-order valence-electron chi connectivity index (χ4n) is 2.20. The van der Waals surface area contributed by atoms with Crippen molar-refractivity contribution < 1.29 is 4.39 Å². The van der Waals surface area contributed by atoms with Crippen LogP contribution in [0.3, 0.4) is 0 Å². The molecule has 2 heterocycles. The van der Waals surface area contributed by atoms with Gasteiger partial charge in [0, 0.05) is 26.3 Å². The number of piperidine rings is 1. The largest absolute Gasteiger partial charge is 0.337 e. The van der Waals surface area contributed by atoms with Crippen LogP contribution in [-0.2, 0) is 13.6 Å². The molecule has 1 fully saturated rings. The summed E-state index contributed by atoms with van der Waals surface area (Å²) in [5, 5.41) is 0. The van der Waals surface area contributed by atoms with Crippen molar-refractivity contribution in [2.45, 2.75) is 32.0 Å². The average Bonchev–Trinajstić information content (AvgIpc) is 2.50. The molecule has 1 unspecified atom stereocenters. The summed E-state index contributed by atoms with van der Waals surface area (Å²) in [5.41, 5.74) is 0.129. The lowest BCUT2D eigenvalue weighted by Gasteiger charge is -2.34. The first-order chi connectivity index (χ1) is 7.07. The maximum atomic E-state index is 13.8. The minimum atomic E-state index is -1.02. The van der Waals surface area contributed by atoms with Crippen molar-refractivity contribution in [3.05, 3.63) is 18.2 Å². The van der Waals surface area contributed by atoms with E-state index in [1.54, 1.807) is 13.3 Å². The lowest BCUT2D eigenvalue weighted by molar-refractivity contribution is 0.0552. The number of likely N-dealkylation sites (tertiary alicyclic amines) is 1. The highest BCUT2D eigenvalue weighted by Crippen LogP contribution is 2.25. The number of nitrogens with zero attached hydrogens (tertiary/aromatic N) is 3. The normalized spacial score (nSPS) is 28.2. The fourth-order valence-corrected chi connectivity index (χ4v) is 2.20. The molecule has 15 heavy (non-hydrogen) atoms. The van der Waals surface area contributed by atoms with Crippen LogP contribution in [0.4, 0.5) is 4.39 Å². The summed E-state index contributed by atoms with van der Waals surface area (Å²) in [6.45, 7) is 4.03. The van der Waals surface area contributed by atoms with E-state index in [9.17, 15) is 4.39 Å². The Morgan fingerprint density at radius 2 is 2.40 bits per heavy atom. The van der Waals surface area contributed by atoms with Gasteiger partial charge in [0.25, 0.3) is 0 Å². The van der Waals surface area contributed by atoms with Gasteiger partial charge < -0.3 is 4.57 Å². The number of imidazole rings is 1. The fraction of sp³-hybridized carbons (Fsp3) is 0.727. The summed E-state index contributed by atoms with van der Waals surface area (Å²) in [5.74, 6) is 0. The smallest absolute Gasteiger partial charge is 0.120 e. The third kappa shape index (κ3) is 2.56. The Kier molecular flexibility index (Phi) is 2.78. The van der Waals surface area contributed by atoms with Gasteiger partial charge in [-0.15, -0.1) is 0 Å². The number of hydrogen-bond donors (Lipinski definition) is 0. The third-order valence-corrected chi connectivity index (χ3v) is 3.03. The molecule has 84 valence electrons. The zero-order valence-corrected chi connectivity index (χ0v) is 9.41. The maximum Gasteiger partial charge on any atom is 0.120 e. The minimum absolute atomic E-state index is 0.540. The van der Waals surface area contributed by atoms with Gasteiger partial charge in [0.15, 0.2) is 0 Å². The SMILES string of the molecule is Cn1cncc1CN1CCCC(C)(F)C1. The van der Waals surface area contributed by atoms with Crippen LogP contribution in [0.1, 0.15) is 25.5 Å². The Balaban J connectivity index is 1.98. The van der Waals surface area contributed by atoms with Crippen LogP contribution in [0.25, 0.3) is 0 Å². The molecular weight excluding hydrogens is 193 g/mol. The second-order valence-corrected chi connectivity index (χ2v) is 4.72. The van der Waals surface area contributed by atoms with E-state index in [0.29, 0.717) is 13.0 Å². The van der Waals surface area contributed by atoms with Crippen LogP contribution < -0.4 is 0 Å². The van der Waals surface area contributed by atoms with Crippen LogP contribution in [0, 0.1) is 0 Å². The molecule has 0 radical (unpaired) electrons. The van der Waals surface area contributed by atoms with Crippen molar-refractivity contribution in [2.24, 2.45) is 7.05 Å². The molecular formula is C11H18FN3. The van der Waals surface area contributed by atoms with Crippen LogP contribution in [0.2, 0.25) is 0 Å². The molecule has 1 atom stereocenters. The van der Waals surface area contributed by atoms with Gasteiger partial charge in [-0.05, 0) is 26.3 Å². The Morgan fingerprint density at radius 3 is 3.00 bits per heavy atom. The summed E-state index contributed by atoms with van der Waals surface area (Å²) in [6, 6.07) is 0. The molecule has 2 rings (SSSR count). The van der Waals surface area contributed by atoms with Gasteiger partial charge in [0.2, 0.25) is 0 Å². The van der Waals surface area contributed by atoms with E-state index < -0.39 is 5.67 Å². The van der Waals surface area contributed by atoms with Crippen molar-refractivity contribution in [3.8, 4) is 0 Å². The highest BCUT2D eigenvalue weighted by atomic mass is 19.1. The lowest BCUT2D eigenvalue weighted by Crippen LogP contribution is -2.43. The molecule has 0 N–H and O–H groups in total. The summed E-state index contributed by atoms with van der Waals surface area (Å²) >= 11 is 0. The molecule has 0 saturated carbocycles. The van der Waals surface area contributed by atoms with Gasteiger partial charge in [-0.2, -0.15) is 0 Å². The lowest BCUT2D eigenvalue weighted by atomic mass is 9.97. The average molecular weight is 211 g/mol. The third-order valence-electron chi connectivity index (χ3n) is 3.03. The van der Waals surface area contributed by atoms with Crippen LogP contribution in [0.15, 0.2) is 12.5 Å². The monoisotopic (exact) mass is 211 g/mol. The molecule has 4 heteroatoms.